The fourth-order valence-corrected chi connectivity index (χ4v) is 6.74. The minimum atomic E-state index is -2.70. The van der Waals surface area contributed by atoms with Gasteiger partial charge in [0.25, 0.3) is 11.8 Å². The zero-order chi connectivity index (χ0) is 28.2. The molecule has 0 bridgehead atoms. The standard InChI is InChI=1S/C26H22N2O9S2/c1-37-15-7-6-13(29)17-20(31)19-16(39-21(15)17)9-11-8-14(30)18(22(32)26(11,36)23(19)33)25(35)28-27-24(34)10-2-4-12(38)5-3-10/h2-7,11,16,29-30,33,36,38H,8-9H2,1H3,(H,27,34)(H,28,35). The molecule has 11 nitrogen and oxygen atoms in total. The van der Waals surface area contributed by atoms with Gasteiger partial charge < -0.3 is 25.2 Å². The summed E-state index contributed by atoms with van der Waals surface area (Å²) in [5.41, 5.74) is 0.325. The maximum atomic E-state index is 13.5. The number of thiol groups is 1. The number of phenolic OH excluding ortho intramolecular Hbond substituents is 1. The number of phenols is 1. The number of ketones is 2. The fourth-order valence-electron chi connectivity index (χ4n) is 5.06. The van der Waals surface area contributed by atoms with Crippen LogP contribution in [0.5, 0.6) is 11.5 Å². The quantitative estimate of drug-likeness (QED) is 0.164. The Hall–Kier alpha value is -3.94. The Balaban J connectivity index is 1.45. The van der Waals surface area contributed by atoms with Gasteiger partial charge in [-0.3, -0.25) is 30.0 Å². The van der Waals surface area contributed by atoms with Crippen LogP contribution < -0.4 is 15.6 Å². The van der Waals surface area contributed by atoms with Gasteiger partial charge in [-0.15, -0.1) is 24.4 Å². The van der Waals surface area contributed by atoms with Crippen LogP contribution in [0.3, 0.4) is 0 Å². The van der Waals surface area contributed by atoms with E-state index in [1.807, 2.05) is 5.43 Å². The number of amides is 2. The summed E-state index contributed by atoms with van der Waals surface area (Å²) in [7, 11) is 1.40. The van der Waals surface area contributed by atoms with Crippen LogP contribution in [0, 0.1) is 5.92 Å². The van der Waals surface area contributed by atoms with E-state index in [4.69, 9.17) is 4.74 Å². The van der Waals surface area contributed by atoms with Gasteiger partial charge in [-0.1, -0.05) is 0 Å². The van der Waals surface area contributed by atoms with E-state index in [9.17, 15) is 39.6 Å². The molecular weight excluding hydrogens is 548 g/mol. The minimum Gasteiger partial charge on any atom is -0.511 e. The third-order valence-electron chi connectivity index (χ3n) is 7.03. The number of nitrogens with one attached hydrogen (secondary N) is 2. The van der Waals surface area contributed by atoms with Gasteiger partial charge in [0.2, 0.25) is 5.78 Å². The number of fused-ring (bicyclic) bond motifs is 3. The molecule has 0 fully saturated rings. The summed E-state index contributed by atoms with van der Waals surface area (Å²) >= 11 is 5.24. The Bertz CT molecular complexity index is 1520. The Kier molecular flexibility index (Phi) is 6.61. The molecule has 202 valence electrons. The van der Waals surface area contributed by atoms with E-state index in [2.05, 4.69) is 18.1 Å². The number of allylic oxidation sites excluding steroid dienone is 1. The van der Waals surface area contributed by atoms with Crippen molar-refractivity contribution in [2.24, 2.45) is 5.92 Å². The van der Waals surface area contributed by atoms with Crippen LogP contribution in [0.15, 0.2) is 68.9 Å². The van der Waals surface area contributed by atoms with Gasteiger partial charge in [0.1, 0.15) is 28.6 Å². The average Bonchev–Trinajstić information content (AvgIpc) is 2.90. The molecule has 6 N–H and O–H groups in total. The lowest BCUT2D eigenvalue weighted by Gasteiger charge is -2.45. The second kappa shape index (κ2) is 9.67. The number of carbonyl (C=O) groups excluding carboxylic acids is 4. The maximum absolute atomic E-state index is 13.5. The maximum Gasteiger partial charge on any atom is 0.276 e. The van der Waals surface area contributed by atoms with Gasteiger partial charge in [0, 0.05) is 28.0 Å². The summed E-state index contributed by atoms with van der Waals surface area (Å²) < 4.78 is 5.31. The van der Waals surface area contributed by atoms with E-state index < -0.39 is 57.2 Å². The second-order valence-electron chi connectivity index (χ2n) is 9.20. The van der Waals surface area contributed by atoms with Crippen LogP contribution >= 0.6 is 24.4 Å². The lowest BCUT2D eigenvalue weighted by atomic mass is 9.65. The Morgan fingerprint density at radius 1 is 1.05 bits per heavy atom. The number of aromatic hydroxyl groups is 1. The van der Waals surface area contributed by atoms with Crippen LogP contribution in [-0.4, -0.2) is 61.8 Å². The number of hydrogen-bond acceptors (Lipinski definition) is 11. The van der Waals surface area contributed by atoms with Crippen LogP contribution in [0.25, 0.3) is 0 Å². The lowest BCUT2D eigenvalue weighted by molar-refractivity contribution is -0.143. The van der Waals surface area contributed by atoms with Crippen molar-refractivity contribution in [2.45, 2.75) is 33.5 Å². The summed E-state index contributed by atoms with van der Waals surface area (Å²) in [6, 6.07) is 8.75. The van der Waals surface area contributed by atoms with Gasteiger partial charge >= 0.3 is 0 Å². The molecular formula is C26H22N2O9S2. The molecule has 0 spiro atoms. The van der Waals surface area contributed by atoms with Crippen molar-refractivity contribution in [1.29, 1.82) is 0 Å². The number of aliphatic hydroxyl groups is 3. The first-order chi connectivity index (χ1) is 18.5. The highest BCUT2D eigenvalue weighted by Crippen LogP contribution is 2.55. The molecule has 3 unspecified atom stereocenters. The molecule has 1 heterocycles. The Morgan fingerprint density at radius 2 is 1.72 bits per heavy atom. The van der Waals surface area contributed by atoms with E-state index in [1.165, 1.54) is 31.4 Å². The number of hydrazine groups is 1. The zero-order valence-corrected chi connectivity index (χ0v) is 21.9. The summed E-state index contributed by atoms with van der Waals surface area (Å²) in [5.74, 6) is -6.78. The van der Waals surface area contributed by atoms with Gasteiger partial charge in [0.15, 0.2) is 11.4 Å². The summed E-state index contributed by atoms with van der Waals surface area (Å²) in [5, 5.41) is 42.9. The van der Waals surface area contributed by atoms with Crippen LogP contribution in [0.1, 0.15) is 33.6 Å². The predicted octanol–water partition coefficient (Wildman–Crippen LogP) is 2.16. The molecule has 13 heteroatoms. The molecule has 3 aliphatic rings. The average molecular weight is 571 g/mol. The summed E-state index contributed by atoms with van der Waals surface area (Å²) in [6.07, 6.45) is -0.387. The van der Waals surface area contributed by atoms with E-state index in [0.717, 1.165) is 11.8 Å². The van der Waals surface area contributed by atoms with Crippen molar-refractivity contribution in [1.82, 2.24) is 10.9 Å². The van der Waals surface area contributed by atoms with Gasteiger partial charge in [-0.05, 0) is 42.8 Å². The normalized spacial score (nSPS) is 24.0. The highest BCUT2D eigenvalue weighted by atomic mass is 32.2. The molecule has 2 amide bonds. The van der Waals surface area contributed by atoms with Crippen LogP contribution in [-0.2, 0) is 9.59 Å². The first kappa shape index (κ1) is 26.7. The molecule has 0 saturated heterocycles. The van der Waals surface area contributed by atoms with E-state index in [0.29, 0.717) is 15.5 Å². The molecule has 0 saturated carbocycles. The molecule has 1 aliphatic heterocycles. The number of hydrogen-bond donors (Lipinski definition) is 7. The number of methoxy groups -OCH3 is 1. The van der Waals surface area contributed by atoms with Gasteiger partial charge in [0.05, 0.1) is 23.1 Å². The van der Waals surface area contributed by atoms with Crippen molar-refractivity contribution in [3.8, 4) is 11.5 Å². The predicted molar refractivity (Wildman–Crippen MR) is 140 cm³/mol. The molecule has 0 radical (unpaired) electrons. The molecule has 0 aromatic heterocycles. The van der Waals surface area contributed by atoms with Crippen LogP contribution in [0.4, 0.5) is 0 Å². The van der Waals surface area contributed by atoms with Crippen molar-refractivity contribution in [3.63, 3.8) is 0 Å². The SMILES string of the molecule is COc1ccc(O)c2c1SC1CC3CC(O)=C(C(=O)NNC(=O)c4ccc(S)cc4)C(=O)C3(O)C(O)=C1C2=O. The zero-order valence-electron chi connectivity index (χ0n) is 20.2. The Morgan fingerprint density at radius 3 is 2.38 bits per heavy atom. The monoisotopic (exact) mass is 570 g/mol. The highest BCUT2D eigenvalue weighted by molar-refractivity contribution is 8.00. The van der Waals surface area contributed by atoms with Gasteiger partial charge in [-0.2, -0.15) is 0 Å². The Labute approximate surface area is 230 Å². The minimum absolute atomic E-state index is 0.0207. The summed E-state index contributed by atoms with van der Waals surface area (Å²) in [4.78, 5) is 53.0. The number of thioether (sulfide) groups is 1. The summed E-state index contributed by atoms with van der Waals surface area (Å²) in [6.45, 7) is 0. The molecule has 3 atom stereocenters. The first-order valence-corrected chi connectivity index (χ1v) is 13.0. The van der Waals surface area contributed by atoms with E-state index in [-0.39, 0.29) is 35.3 Å². The number of benzene rings is 2. The third-order valence-corrected chi connectivity index (χ3v) is 8.68. The van der Waals surface area contributed by atoms with Crippen molar-refractivity contribution in [2.75, 3.05) is 7.11 Å². The first-order valence-electron chi connectivity index (χ1n) is 11.6. The topological polar surface area (TPSA) is 182 Å². The van der Waals surface area contributed by atoms with Crippen molar-refractivity contribution >= 4 is 47.8 Å². The largest absolute Gasteiger partial charge is 0.511 e. The van der Waals surface area contributed by atoms with Crippen molar-refractivity contribution < 1.29 is 44.3 Å². The molecule has 2 aromatic rings. The van der Waals surface area contributed by atoms with Crippen molar-refractivity contribution in [3.05, 3.63) is 70.2 Å². The number of aliphatic hydroxyl groups excluding tert-OH is 2. The smallest absolute Gasteiger partial charge is 0.276 e. The molecule has 39 heavy (non-hydrogen) atoms. The lowest BCUT2D eigenvalue weighted by Crippen LogP contribution is -2.58. The number of rotatable bonds is 3. The molecule has 2 aliphatic carbocycles. The second-order valence-corrected chi connectivity index (χ2v) is 10.9. The molecule has 2 aromatic carbocycles. The highest BCUT2D eigenvalue weighted by Gasteiger charge is 2.60. The van der Waals surface area contributed by atoms with Gasteiger partial charge in [-0.25, -0.2) is 0 Å². The van der Waals surface area contributed by atoms with E-state index in [1.54, 1.807) is 12.1 Å². The number of carbonyl (C=O) groups is 4. The fraction of sp³-hybridized carbons (Fsp3) is 0.231. The number of ether oxygens (including phenoxy) is 1. The number of Topliss-reactive ketones (excluding diaryl/α,β-unsaturated/α-hetero) is 2. The third kappa shape index (κ3) is 4.13. The van der Waals surface area contributed by atoms with E-state index >= 15 is 0 Å². The van der Waals surface area contributed by atoms with Crippen LogP contribution in [0.2, 0.25) is 0 Å². The molecule has 5 rings (SSSR count).